The summed E-state index contributed by atoms with van der Waals surface area (Å²) in [4.78, 5) is 15.9. The van der Waals surface area contributed by atoms with Crippen molar-refractivity contribution in [3.63, 3.8) is 0 Å². The average molecular weight is 250 g/mol. The molecule has 2 rings (SSSR count). The number of esters is 1. The third-order valence-electron chi connectivity index (χ3n) is 3.07. The zero-order valence-electron chi connectivity index (χ0n) is 10.4. The number of nitrogens with one attached hydrogen (secondary N) is 1. The molecule has 0 saturated heterocycles. The number of rotatable bonds is 5. The Morgan fingerprint density at radius 2 is 2.39 bits per heavy atom. The molecule has 1 saturated carbocycles. The van der Waals surface area contributed by atoms with Gasteiger partial charge in [-0.25, -0.2) is 9.78 Å². The number of carbonyl (C=O) groups excluding carboxylic acids is 1. The van der Waals surface area contributed by atoms with Crippen molar-refractivity contribution in [2.24, 2.45) is 5.92 Å². The van der Waals surface area contributed by atoms with E-state index in [1.807, 2.05) is 0 Å². The van der Waals surface area contributed by atoms with Crippen LogP contribution in [0.5, 0.6) is 0 Å². The van der Waals surface area contributed by atoms with Crippen molar-refractivity contribution in [1.29, 1.82) is 0 Å². The molecule has 1 fully saturated rings. The number of nitrogens with zero attached hydrogens (tertiary/aromatic N) is 1. The molecule has 1 aromatic heterocycles. The van der Waals surface area contributed by atoms with Crippen molar-refractivity contribution in [2.75, 3.05) is 18.5 Å². The van der Waals surface area contributed by atoms with E-state index in [0.29, 0.717) is 23.9 Å². The third kappa shape index (κ3) is 2.98. The lowest BCUT2D eigenvalue weighted by Crippen LogP contribution is -2.33. The summed E-state index contributed by atoms with van der Waals surface area (Å²) in [5, 5.41) is 12.4. The smallest absolute Gasteiger partial charge is 0.341 e. The molecule has 0 atom stereocenters. The normalized spacial score (nSPS) is 22.1. The van der Waals surface area contributed by atoms with E-state index in [1.165, 1.54) is 0 Å². The Hall–Kier alpha value is -1.62. The molecule has 18 heavy (non-hydrogen) atoms. The van der Waals surface area contributed by atoms with Crippen molar-refractivity contribution in [2.45, 2.75) is 25.9 Å². The van der Waals surface area contributed by atoms with Gasteiger partial charge < -0.3 is 15.2 Å². The largest absolute Gasteiger partial charge is 0.462 e. The van der Waals surface area contributed by atoms with Gasteiger partial charge in [0.2, 0.25) is 0 Å². The molecule has 1 aliphatic rings. The summed E-state index contributed by atoms with van der Waals surface area (Å²) in [6.45, 7) is 2.85. The molecule has 0 spiro atoms. The second-order valence-corrected chi connectivity index (χ2v) is 4.49. The van der Waals surface area contributed by atoms with Crippen LogP contribution in [0.2, 0.25) is 0 Å². The van der Waals surface area contributed by atoms with Gasteiger partial charge in [0.15, 0.2) is 0 Å². The summed E-state index contributed by atoms with van der Waals surface area (Å²) < 4.78 is 4.97. The fraction of sp³-hybridized carbons (Fsp3) is 0.538. The lowest BCUT2D eigenvalue weighted by Gasteiger charge is -2.31. The van der Waals surface area contributed by atoms with Crippen LogP contribution in [0.3, 0.4) is 0 Å². The Kier molecular flexibility index (Phi) is 4.15. The highest BCUT2D eigenvalue weighted by Gasteiger charge is 2.27. The maximum Gasteiger partial charge on any atom is 0.341 e. The molecular weight excluding hydrogens is 232 g/mol. The van der Waals surface area contributed by atoms with Crippen LogP contribution in [0.1, 0.15) is 30.1 Å². The number of aliphatic hydroxyl groups excluding tert-OH is 1. The number of hydrogen-bond donors (Lipinski definition) is 2. The molecule has 0 bridgehead atoms. The summed E-state index contributed by atoms with van der Waals surface area (Å²) in [5.74, 6) is 0.649. The number of carbonyl (C=O) groups is 1. The van der Waals surface area contributed by atoms with E-state index in [2.05, 4.69) is 10.3 Å². The van der Waals surface area contributed by atoms with Crippen LogP contribution < -0.4 is 5.32 Å². The maximum absolute atomic E-state index is 11.7. The Bertz CT molecular complexity index is 416. The van der Waals surface area contributed by atoms with Gasteiger partial charge >= 0.3 is 5.97 Å². The lowest BCUT2D eigenvalue weighted by molar-refractivity contribution is 0.0482. The molecule has 1 heterocycles. The molecule has 2 N–H and O–H groups in total. The van der Waals surface area contributed by atoms with E-state index in [-0.39, 0.29) is 12.1 Å². The van der Waals surface area contributed by atoms with Crippen molar-refractivity contribution >= 4 is 11.8 Å². The van der Waals surface area contributed by atoms with Gasteiger partial charge in [-0.05, 0) is 37.8 Å². The van der Waals surface area contributed by atoms with Gasteiger partial charge in [0.25, 0.3) is 0 Å². The van der Waals surface area contributed by atoms with E-state index in [0.717, 1.165) is 19.4 Å². The third-order valence-corrected chi connectivity index (χ3v) is 3.07. The molecule has 5 heteroatoms. The van der Waals surface area contributed by atoms with E-state index >= 15 is 0 Å². The molecule has 0 unspecified atom stereocenters. The number of anilines is 1. The first-order valence-electron chi connectivity index (χ1n) is 6.24. The van der Waals surface area contributed by atoms with Gasteiger partial charge in [0, 0.05) is 12.7 Å². The first-order chi connectivity index (χ1) is 8.70. The second kappa shape index (κ2) is 5.82. The fourth-order valence-corrected chi connectivity index (χ4v) is 2.03. The lowest BCUT2D eigenvalue weighted by atomic mass is 9.82. The molecule has 0 amide bonds. The molecule has 0 aromatic carbocycles. The topological polar surface area (TPSA) is 71.5 Å². The zero-order valence-corrected chi connectivity index (χ0v) is 10.4. The Morgan fingerprint density at radius 1 is 1.61 bits per heavy atom. The van der Waals surface area contributed by atoms with E-state index in [4.69, 9.17) is 4.74 Å². The molecular formula is C13H18N2O3. The standard InChI is InChI=1S/C13H18N2O3/c1-2-18-13(17)11-4-3-5-14-12(11)15-8-9-6-10(16)7-9/h3-5,9-10,16H,2,6-8H2,1H3,(H,14,15). The minimum absolute atomic E-state index is 0.162. The number of aromatic nitrogens is 1. The van der Waals surface area contributed by atoms with E-state index in [1.54, 1.807) is 25.3 Å². The van der Waals surface area contributed by atoms with E-state index < -0.39 is 0 Å². The summed E-state index contributed by atoms with van der Waals surface area (Å²) >= 11 is 0. The van der Waals surface area contributed by atoms with Crippen LogP contribution in [0.15, 0.2) is 18.3 Å². The average Bonchev–Trinajstić information content (AvgIpc) is 2.34. The first-order valence-corrected chi connectivity index (χ1v) is 6.24. The number of pyridine rings is 1. The number of aliphatic hydroxyl groups is 1. The van der Waals surface area contributed by atoms with Crippen LogP contribution >= 0.6 is 0 Å². The van der Waals surface area contributed by atoms with Gasteiger partial charge in [-0.15, -0.1) is 0 Å². The monoisotopic (exact) mass is 250 g/mol. The molecule has 1 aliphatic carbocycles. The summed E-state index contributed by atoms with van der Waals surface area (Å²) in [7, 11) is 0. The minimum atomic E-state index is -0.359. The SMILES string of the molecule is CCOC(=O)c1cccnc1NCC1CC(O)C1. The highest BCUT2D eigenvalue weighted by molar-refractivity contribution is 5.94. The van der Waals surface area contributed by atoms with Crippen LogP contribution in [0.25, 0.3) is 0 Å². The predicted molar refractivity (Wildman–Crippen MR) is 67.4 cm³/mol. The molecule has 0 aliphatic heterocycles. The first kappa shape index (κ1) is 12.8. The van der Waals surface area contributed by atoms with Crippen molar-refractivity contribution in [3.8, 4) is 0 Å². The van der Waals surface area contributed by atoms with Crippen LogP contribution in [-0.2, 0) is 4.74 Å². The van der Waals surface area contributed by atoms with E-state index in [9.17, 15) is 9.90 Å². The zero-order chi connectivity index (χ0) is 13.0. The highest BCUT2D eigenvalue weighted by Crippen LogP contribution is 2.27. The van der Waals surface area contributed by atoms with Gasteiger partial charge in [0.05, 0.1) is 12.7 Å². The Balaban J connectivity index is 1.96. The van der Waals surface area contributed by atoms with Crippen molar-refractivity contribution in [3.05, 3.63) is 23.9 Å². The van der Waals surface area contributed by atoms with Crippen molar-refractivity contribution in [1.82, 2.24) is 4.98 Å². The summed E-state index contributed by atoms with van der Waals surface area (Å²) in [6, 6.07) is 3.41. The fourth-order valence-electron chi connectivity index (χ4n) is 2.03. The second-order valence-electron chi connectivity index (χ2n) is 4.49. The van der Waals surface area contributed by atoms with Crippen LogP contribution in [0, 0.1) is 5.92 Å². The van der Waals surface area contributed by atoms with Gasteiger partial charge in [-0.3, -0.25) is 0 Å². The number of ether oxygens (including phenoxy) is 1. The Labute approximate surface area is 106 Å². The summed E-state index contributed by atoms with van der Waals surface area (Å²) in [5.41, 5.74) is 0.458. The van der Waals surface area contributed by atoms with Gasteiger partial charge in [-0.1, -0.05) is 0 Å². The number of hydrogen-bond acceptors (Lipinski definition) is 5. The quantitative estimate of drug-likeness (QED) is 0.774. The molecule has 5 nitrogen and oxygen atoms in total. The highest BCUT2D eigenvalue weighted by atomic mass is 16.5. The maximum atomic E-state index is 11.7. The van der Waals surface area contributed by atoms with Gasteiger partial charge in [-0.2, -0.15) is 0 Å². The van der Waals surface area contributed by atoms with Crippen LogP contribution in [-0.4, -0.2) is 35.3 Å². The predicted octanol–water partition coefficient (Wildman–Crippen LogP) is 1.44. The van der Waals surface area contributed by atoms with Gasteiger partial charge in [0.1, 0.15) is 11.4 Å². The Morgan fingerprint density at radius 3 is 3.06 bits per heavy atom. The molecule has 1 aromatic rings. The summed E-state index contributed by atoms with van der Waals surface area (Å²) in [6.07, 6.45) is 3.11. The van der Waals surface area contributed by atoms with Crippen molar-refractivity contribution < 1.29 is 14.6 Å². The van der Waals surface area contributed by atoms with Crippen LogP contribution in [0.4, 0.5) is 5.82 Å². The minimum Gasteiger partial charge on any atom is -0.462 e. The molecule has 98 valence electrons. The molecule has 0 radical (unpaired) electrons.